The fourth-order valence-electron chi connectivity index (χ4n) is 3.94. The molecule has 18 heavy (non-hydrogen) atoms. The number of fused-ring (bicyclic) bond motifs is 3. The lowest BCUT2D eigenvalue weighted by Gasteiger charge is -2.36. The average molecular weight is 246 g/mol. The predicted molar refractivity (Wildman–Crippen MR) is 66.7 cm³/mol. The van der Waals surface area contributed by atoms with E-state index in [1.807, 2.05) is 13.0 Å². The van der Waals surface area contributed by atoms with E-state index in [9.17, 15) is 9.59 Å². The molecule has 2 fully saturated rings. The van der Waals surface area contributed by atoms with Crippen molar-refractivity contribution >= 4 is 11.8 Å². The minimum Gasteiger partial charge on any atom is -0.457 e. The van der Waals surface area contributed by atoms with Gasteiger partial charge in [0.05, 0.1) is 5.41 Å². The van der Waals surface area contributed by atoms with Gasteiger partial charge in [-0.15, -0.1) is 0 Å². The second kappa shape index (κ2) is 3.56. The van der Waals surface area contributed by atoms with E-state index < -0.39 is 5.41 Å². The molecule has 2 aliphatic carbocycles. The van der Waals surface area contributed by atoms with Gasteiger partial charge in [0.25, 0.3) is 0 Å². The van der Waals surface area contributed by atoms with E-state index in [1.165, 1.54) is 0 Å². The molecule has 3 nitrogen and oxygen atoms in total. The van der Waals surface area contributed by atoms with Crippen LogP contribution >= 0.6 is 0 Å². The maximum Gasteiger partial charge on any atom is 0.334 e. The molecule has 5 atom stereocenters. The van der Waals surface area contributed by atoms with E-state index in [1.54, 1.807) is 6.08 Å². The van der Waals surface area contributed by atoms with Gasteiger partial charge in [-0.3, -0.25) is 4.79 Å². The molecule has 0 aromatic heterocycles. The summed E-state index contributed by atoms with van der Waals surface area (Å²) < 4.78 is 5.49. The van der Waals surface area contributed by atoms with Gasteiger partial charge in [-0.2, -0.15) is 0 Å². The number of allylic oxidation sites excluding steroid dienone is 2. The van der Waals surface area contributed by atoms with E-state index in [-0.39, 0.29) is 29.7 Å². The van der Waals surface area contributed by atoms with Crippen LogP contribution in [0.15, 0.2) is 24.3 Å². The number of carbonyl (C=O) groups excluding carboxylic acids is 2. The van der Waals surface area contributed by atoms with Crippen LogP contribution in [0, 0.1) is 23.2 Å². The summed E-state index contributed by atoms with van der Waals surface area (Å²) in [6, 6.07) is 0. The van der Waals surface area contributed by atoms with Crippen LogP contribution in [0.3, 0.4) is 0 Å². The van der Waals surface area contributed by atoms with Crippen molar-refractivity contribution in [2.24, 2.45) is 23.2 Å². The van der Waals surface area contributed by atoms with Crippen molar-refractivity contribution in [2.45, 2.75) is 32.8 Å². The molecule has 3 aliphatic rings. The Morgan fingerprint density at radius 2 is 2.11 bits per heavy atom. The summed E-state index contributed by atoms with van der Waals surface area (Å²) in [5.74, 6) is 0.408. The normalized spacial score (nSPS) is 46.7. The zero-order valence-electron chi connectivity index (χ0n) is 10.8. The number of hydrogen-bond donors (Lipinski definition) is 0. The number of ketones is 1. The molecule has 3 rings (SSSR count). The summed E-state index contributed by atoms with van der Waals surface area (Å²) in [6.45, 7) is 7.98. The maximum atomic E-state index is 12.3. The maximum absolute atomic E-state index is 12.3. The molecule has 96 valence electrons. The van der Waals surface area contributed by atoms with Crippen LogP contribution in [-0.2, 0) is 14.3 Å². The van der Waals surface area contributed by atoms with Gasteiger partial charge in [0.1, 0.15) is 6.10 Å². The van der Waals surface area contributed by atoms with Gasteiger partial charge in [-0.05, 0) is 37.7 Å². The van der Waals surface area contributed by atoms with E-state index in [2.05, 4.69) is 13.5 Å². The lowest BCUT2D eigenvalue weighted by atomic mass is 9.68. The van der Waals surface area contributed by atoms with Gasteiger partial charge in [-0.25, -0.2) is 4.79 Å². The van der Waals surface area contributed by atoms with E-state index in [0.717, 1.165) is 12.8 Å². The summed E-state index contributed by atoms with van der Waals surface area (Å²) in [5.41, 5.74) is -0.0378. The van der Waals surface area contributed by atoms with Gasteiger partial charge >= 0.3 is 5.97 Å². The molecule has 1 aliphatic heterocycles. The second-order valence-corrected chi connectivity index (χ2v) is 6.04. The Kier molecular flexibility index (Phi) is 2.31. The third-order valence-electron chi connectivity index (χ3n) is 5.12. The summed E-state index contributed by atoms with van der Waals surface area (Å²) in [5, 5.41) is 0. The Hall–Kier alpha value is -1.38. The minimum atomic E-state index is -0.588. The van der Waals surface area contributed by atoms with Gasteiger partial charge in [0, 0.05) is 11.5 Å². The smallest absolute Gasteiger partial charge is 0.334 e. The molecule has 0 unspecified atom stereocenters. The second-order valence-electron chi connectivity index (χ2n) is 6.04. The van der Waals surface area contributed by atoms with Crippen LogP contribution in [0.4, 0.5) is 0 Å². The standard InChI is InChI=1S/C15H18O3/c1-8-4-5-10-9(2)14(17)18-13(10)15(3)11(8)6-7-12(15)16/h6-8,10-11,13H,2,4-5H2,1,3H3/t8-,10-,11+,13-,15-/m0/s1. The first-order valence-electron chi connectivity index (χ1n) is 6.58. The topological polar surface area (TPSA) is 43.4 Å². The first kappa shape index (κ1) is 11.7. The van der Waals surface area contributed by atoms with Crippen molar-refractivity contribution in [1.82, 2.24) is 0 Å². The van der Waals surface area contributed by atoms with Gasteiger partial charge in [-0.1, -0.05) is 19.6 Å². The quantitative estimate of drug-likeness (QED) is 0.486. The number of carbonyl (C=O) groups is 2. The molecule has 0 aromatic carbocycles. The largest absolute Gasteiger partial charge is 0.457 e. The summed E-state index contributed by atoms with van der Waals surface area (Å²) in [4.78, 5) is 24.0. The highest BCUT2D eigenvalue weighted by Gasteiger charge is 2.59. The third-order valence-corrected chi connectivity index (χ3v) is 5.12. The van der Waals surface area contributed by atoms with Gasteiger partial charge in [0.15, 0.2) is 5.78 Å². The van der Waals surface area contributed by atoms with Crippen molar-refractivity contribution in [3.05, 3.63) is 24.3 Å². The highest BCUT2D eigenvalue weighted by molar-refractivity contribution is 6.00. The minimum absolute atomic E-state index is 0.0128. The molecular weight excluding hydrogens is 228 g/mol. The Balaban J connectivity index is 2.08. The monoisotopic (exact) mass is 246 g/mol. The Bertz CT molecular complexity index is 476. The van der Waals surface area contributed by atoms with Crippen molar-refractivity contribution in [3.8, 4) is 0 Å². The lowest BCUT2D eigenvalue weighted by Crippen LogP contribution is -2.45. The van der Waals surface area contributed by atoms with Crippen LogP contribution in [-0.4, -0.2) is 17.9 Å². The van der Waals surface area contributed by atoms with E-state index in [4.69, 9.17) is 4.74 Å². The number of hydrogen-bond acceptors (Lipinski definition) is 3. The van der Waals surface area contributed by atoms with Crippen molar-refractivity contribution in [2.75, 3.05) is 0 Å². The zero-order chi connectivity index (χ0) is 13.1. The van der Waals surface area contributed by atoms with Crippen LogP contribution in [0.5, 0.6) is 0 Å². The number of rotatable bonds is 0. The summed E-state index contributed by atoms with van der Waals surface area (Å²) >= 11 is 0. The molecule has 1 saturated heterocycles. The molecule has 0 aromatic rings. The van der Waals surface area contributed by atoms with Crippen molar-refractivity contribution in [1.29, 1.82) is 0 Å². The first-order chi connectivity index (χ1) is 8.46. The highest BCUT2D eigenvalue weighted by atomic mass is 16.6. The van der Waals surface area contributed by atoms with Crippen LogP contribution in [0.25, 0.3) is 0 Å². The SMILES string of the molecule is C=C1C(=O)O[C@H]2[C@H]1CC[C@H](C)[C@H]1C=CC(=O)[C@]12C. The molecular formula is C15H18O3. The van der Waals surface area contributed by atoms with E-state index in [0.29, 0.717) is 11.5 Å². The predicted octanol–water partition coefficient (Wildman–Crippen LogP) is 2.28. The molecule has 0 N–H and O–H groups in total. The molecule has 1 saturated carbocycles. The third kappa shape index (κ3) is 1.25. The fraction of sp³-hybridized carbons (Fsp3) is 0.600. The van der Waals surface area contributed by atoms with Crippen LogP contribution in [0.2, 0.25) is 0 Å². The number of esters is 1. The Morgan fingerprint density at radius 3 is 2.83 bits per heavy atom. The van der Waals surface area contributed by atoms with Gasteiger partial charge in [0.2, 0.25) is 0 Å². The van der Waals surface area contributed by atoms with Crippen molar-refractivity contribution < 1.29 is 14.3 Å². The van der Waals surface area contributed by atoms with Crippen LogP contribution in [0.1, 0.15) is 26.7 Å². The van der Waals surface area contributed by atoms with Gasteiger partial charge < -0.3 is 4.74 Å². The molecule has 1 heterocycles. The molecule has 0 spiro atoms. The fourth-order valence-corrected chi connectivity index (χ4v) is 3.94. The first-order valence-corrected chi connectivity index (χ1v) is 6.58. The number of ether oxygens (including phenoxy) is 1. The Labute approximate surface area is 107 Å². The summed E-state index contributed by atoms with van der Waals surface area (Å²) in [6.07, 6.45) is 5.25. The lowest BCUT2D eigenvalue weighted by molar-refractivity contribution is -0.150. The zero-order valence-corrected chi connectivity index (χ0v) is 10.8. The molecule has 0 radical (unpaired) electrons. The summed E-state index contributed by atoms with van der Waals surface area (Å²) in [7, 11) is 0. The van der Waals surface area contributed by atoms with Crippen molar-refractivity contribution in [3.63, 3.8) is 0 Å². The molecule has 0 amide bonds. The Morgan fingerprint density at radius 1 is 1.39 bits per heavy atom. The van der Waals surface area contributed by atoms with Crippen LogP contribution < -0.4 is 0 Å². The molecule has 0 bridgehead atoms. The average Bonchev–Trinajstić information content (AvgIpc) is 2.75. The highest BCUT2D eigenvalue weighted by Crippen LogP contribution is 2.54. The van der Waals surface area contributed by atoms with E-state index >= 15 is 0 Å². The molecule has 3 heteroatoms.